The van der Waals surface area contributed by atoms with Gasteiger partial charge in [0.1, 0.15) is 0 Å². The highest BCUT2D eigenvalue weighted by Gasteiger charge is 2.09. The minimum atomic E-state index is -0.290. The molecule has 0 saturated heterocycles. The molecule has 0 bridgehead atoms. The SMILES string of the molecule is CN(C)C(=O)NCCNC(=O)c1ccncc1Cl. The van der Waals surface area contributed by atoms with Crippen molar-refractivity contribution in [1.82, 2.24) is 20.5 Å². The third kappa shape index (κ3) is 4.21. The summed E-state index contributed by atoms with van der Waals surface area (Å²) < 4.78 is 0. The van der Waals surface area contributed by atoms with E-state index in [1.165, 1.54) is 23.4 Å². The number of carbonyl (C=O) groups is 2. The van der Waals surface area contributed by atoms with Crippen LogP contribution < -0.4 is 10.6 Å². The van der Waals surface area contributed by atoms with Gasteiger partial charge in [0.05, 0.1) is 10.6 Å². The average molecular weight is 271 g/mol. The fourth-order valence-corrected chi connectivity index (χ4v) is 1.36. The molecule has 0 spiro atoms. The minimum Gasteiger partial charge on any atom is -0.350 e. The largest absolute Gasteiger partial charge is 0.350 e. The molecule has 0 radical (unpaired) electrons. The number of nitrogens with one attached hydrogen (secondary N) is 2. The van der Waals surface area contributed by atoms with E-state index in [2.05, 4.69) is 15.6 Å². The van der Waals surface area contributed by atoms with Gasteiger partial charge in [0.15, 0.2) is 0 Å². The molecule has 0 aromatic carbocycles. The van der Waals surface area contributed by atoms with E-state index in [0.29, 0.717) is 23.7 Å². The molecular weight excluding hydrogens is 256 g/mol. The number of pyridine rings is 1. The normalized spacial score (nSPS) is 9.72. The standard InChI is InChI=1S/C11H15ClN4O2/c1-16(2)11(18)15-6-5-14-10(17)8-3-4-13-7-9(8)12/h3-4,7H,5-6H2,1-2H3,(H,14,17)(H,15,18). The van der Waals surface area contributed by atoms with Crippen LogP contribution in [0, 0.1) is 0 Å². The van der Waals surface area contributed by atoms with Crippen LogP contribution in [0.25, 0.3) is 0 Å². The lowest BCUT2D eigenvalue weighted by Gasteiger charge is -2.12. The first-order valence-electron chi connectivity index (χ1n) is 5.35. The number of rotatable bonds is 4. The molecular formula is C11H15ClN4O2. The lowest BCUT2D eigenvalue weighted by atomic mass is 10.2. The average Bonchev–Trinajstić information content (AvgIpc) is 2.34. The maximum atomic E-state index is 11.7. The van der Waals surface area contributed by atoms with Crippen molar-refractivity contribution in [2.45, 2.75) is 0 Å². The third-order valence-electron chi connectivity index (χ3n) is 2.11. The van der Waals surface area contributed by atoms with Crippen LogP contribution >= 0.6 is 11.6 Å². The van der Waals surface area contributed by atoms with Crippen molar-refractivity contribution in [2.75, 3.05) is 27.2 Å². The van der Waals surface area contributed by atoms with Crippen LogP contribution in [-0.2, 0) is 0 Å². The molecule has 3 amide bonds. The summed E-state index contributed by atoms with van der Waals surface area (Å²) >= 11 is 5.82. The first kappa shape index (κ1) is 14.2. The first-order valence-corrected chi connectivity index (χ1v) is 5.73. The zero-order chi connectivity index (χ0) is 13.5. The Hall–Kier alpha value is -1.82. The summed E-state index contributed by atoms with van der Waals surface area (Å²) in [6.07, 6.45) is 2.90. The molecule has 0 unspecified atom stereocenters. The maximum absolute atomic E-state index is 11.7. The number of hydrogen-bond donors (Lipinski definition) is 2. The van der Waals surface area contributed by atoms with Gasteiger partial charge in [-0.2, -0.15) is 0 Å². The summed E-state index contributed by atoms with van der Waals surface area (Å²) in [5.74, 6) is -0.290. The van der Waals surface area contributed by atoms with Gasteiger partial charge in [0, 0.05) is 39.6 Å². The zero-order valence-electron chi connectivity index (χ0n) is 10.2. The van der Waals surface area contributed by atoms with Crippen molar-refractivity contribution in [3.05, 3.63) is 29.0 Å². The number of carbonyl (C=O) groups excluding carboxylic acids is 2. The van der Waals surface area contributed by atoms with Gasteiger partial charge in [-0.25, -0.2) is 4.79 Å². The monoisotopic (exact) mass is 270 g/mol. The topological polar surface area (TPSA) is 74.3 Å². The minimum absolute atomic E-state index is 0.203. The molecule has 0 atom stereocenters. The van der Waals surface area contributed by atoms with Gasteiger partial charge in [-0.1, -0.05) is 11.6 Å². The summed E-state index contributed by atoms with van der Waals surface area (Å²) in [6, 6.07) is 1.34. The smallest absolute Gasteiger partial charge is 0.316 e. The van der Waals surface area contributed by atoms with Crippen LogP contribution in [0.2, 0.25) is 5.02 Å². The highest BCUT2D eigenvalue weighted by Crippen LogP contribution is 2.12. The number of urea groups is 1. The molecule has 0 aliphatic heterocycles. The van der Waals surface area contributed by atoms with Crippen LogP contribution in [-0.4, -0.2) is 49.0 Å². The summed E-state index contributed by atoms with van der Waals surface area (Å²) in [6.45, 7) is 0.683. The second-order valence-electron chi connectivity index (χ2n) is 3.74. The van der Waals surface area contributed by atoms with Gasteiger partial charge < -0.3 is 15.5 Å². The molecule has 7 heteroatoms. The van der Waals surface area contributed by atoms with E-state index in [-0.39, 0.29) is 11.9 Å². The Morgan fingerprint density at radius 2 is 2.00 bits per heavy atom. The fraction of sp³-hybridized carbons (Fsp3) is 0.364. The Balaban J connectivity index is 2.35. The first-order chi connectivity index (χ1) is 8.52. The van der Waals surface area contributed by atoms with Crippen molar-refractivity contribution in [2.24, 2.45) is 0 Å². The number of aromatic nitrogens is 1. The van der Waals surface area contributed by atoms with Crippen LogP contribution in [0.4, 0.5) is 4.79 Å². The van der Waals surface area contributed by atoms with Crippen molar-refractivity contribution in [3.8, 4) is 0 Å². The Bertz CT molecular complexity index is 437. The van der Waals surface area contributed by atoms with Crippen molar-refractivity contribution < 1.29 is 9.59 Å². The highest BCUT2D eigenvalue weighted by molar-refractivity contribution is 6.33. The number of hydrogen-bond acceptors (Lipinski definition) is 3. The Kier molecular flexibility index (Phi) is 5.38. The Morgan fingerprint density at radius 1 is 1.33 bits per heavy atom. The second-order valence-corrected chi connectivity index (χ2v) is 4.14. The fourth-order valence-electron chi connectivity index (χ4n) is 1.16. The molecule has 2 N–H and O–H groups in total. The van der Waals surface area contributed by atoms with Crippen LogP contribution in [0.3, 0.4) is 0 Å². The van der Waals surface area contributed by atoms with Crippen molar-refractivity contribution in [3.63, 3.8) is 0 Å². The summed E-state index contributed by atoms with van der Waals surface area (Å²) in [5, 5.41) is 5.58. The molecule has 1 heterocycles. The van der Waals surface area contributed by atoms with E-state index in [0.717, 1.165) is 0 Å². The van der Waals surface area contributed by atoms with E-state index in [9.17, 15) is 9.59 Å². The van der Waals surface area contributed by atoms with E-state index in [4.69, 9.17) is 11.6 Å². The molecule has 0 fully saturated rings. The van der Waals surface area contributed by atoms with E-state index < -0.39 is 0 Å². The van der Waals surface area contributed by atoms with Gasteiger partial charge in [0.25, 0.3) is 5.91 Å². The van der Waals surface area contributed by atoms with Gasteiger partial charge in [-0.05, 0) is 6.07 Å². The number of halogens is 1. The molecule has 18 heavy (non-hydrogen) atoms. The molecule has 0 saturated carbocycles. The van der Waals surface area contributed by atoms with Crippen LogP contribution in [0.5, 0.6) is 0 Å². The third-order valence-corrected chi connectivity index (χ3v) is 2.41. The van der Waals surface area contributed by atoms with E-state index in [1.807, 2.05) is 0 Å². The Morgan fingerprint density at radius 3 is 2.61 bits per heavy atom. The predicted molar refractivity (Wildman–Crippen MR) is 68.7 cm³/mol. The molecule has 0 aliphatic carbocycles. The molecule has 0 aliphatic rings. The second kappa shape index (κ2) is 6.80. The lowest BCUT2D eigenvalue weighted by Crippen LogP contribution is -2.39. The maximum Gasteiger partial charge on any atom is 0.316 e. The molecule has 6 nitrogen and oxygen atoms in total. The van der Waals surface area contributed by atoms with Gasteiger partial charge in [0.2, 0.25) is 0 Å². The number of amides is 3. The molecule has 1 aromatic heterocycles. The van der Waals surface area contributed by atoms with Crippen molar-refractivity contribution >= 4 is 23.5 Å². The Labute approximate surface area is 110 Å². The quantitative estimate of drug-likeness (QED) is 0.793. The zero-order valence-corrected chi connectivity index (χ0v) is 11.0. The summed E-state index contributed by atoms with van der Waals surface area (Å²) in [4.78, 5) is 28.1. The highest BCUT2D eigenvalue weighted by atomic mass is 35.5. The van der Waals surface area contributed by atoms with Crippen LogP contribution in [0.15, 0.2) is 18.5 Å². The van der Waals surface area contributed by atoms with Gasteiger partial charge >= 0.3 is 6.03 Å². The number of nitrogens with zero attached hydrogens (tertiary/aromatic N) is 2. The summed E-state index contributed by atoms with van der Waals surface area (Å²) in [7, 11) is 3.29. The molecule has 98 valence electrons. The van der Waals surface area contributed by atoms with E-state index in [1.54, 1.807) is 14.1 Å². The predicted octanol–water partition coefficient (Wildman–Crippen LogP) is 0.736. The van der Waals surface area contributed by atoms with Gasteiger partial charge in [-0.15, -0.1) is 0 Å². The molecule has 1 aromatic rings. The lowest BCUT2D eigenvalue weighted by molar-refractivity contribution is 0.0953. The van der Waals surface area contributed by atoms with Crippen molar-refractivity contribution in [1.29, 1.82) is 0 Å². The molecule has 1 rings (SSSR count). The summed E-state index contributed by atoms with van der Waals surface area (Å²) in [5.41, 5.74) is 0.366. The van der Waals surface area contributed by atoms with Gasteiger partial charge in [-0.3, -0.25) is 9.78 Å². The van der Waals surface area contributed by atoms with E-state index >= 15 is 0 Å². The van der Waals surface area contributed by atoms with Crippen LogP contribution in [0.1, 0.15) is 10.4 Å².